The molecule has 3 heterocycles. The Balaban J connectivity index is 1.79. The third-order valence-electron chi connectivity index (χ3n) is 4.78. The standard InChI is InChI=1S/C15H25N5O/c1-3-14(21)19-9-7-13-16-17-15(20(13)11-10-19)12-6-4-5-8-18(12)2/h12H,3-11H2,1-2H3. The first-order valence-electron chi connectivity index (χ1n) is 8.10. The van der Waals surface area contributed by atoms with E-state index in [0.717, 1.165) is 50.7 Å². The van der Waals surface area contributed by atoms with Gasteiger partial charge in [-0.05, 0) is 26.4 Å². The first-order chi connectivity index (χ1) is 10.2. The van der Waals surface area contributed by atoms with Crippen LogP contribution in [-0.2, 0) is 17.8 Å². The van der Waals surface area contributed by atoms with Crippen LogP contribution in [0.5, 0.6) is 0 Å². The molecule has 116 valence electrons. The van der Waals surface area contributed by atoms with Crippen molar-refractivity contribution in [2.45, 2.75) is 51.6 Å². The number of carbonyl (C=O) groups excluding carboxylic acids is 1. The lowest BCUT2D eigenvalue weighted by Gasteiger charge is -2.31. The molecule has 0 N–H and O–H groups in total. The highest BCUT2D eigenvalue weighted by Gasteiger charge is 2.28. The van der Waals surface area contributed by atoms with Gasteiger partial charge in [0.05, 0.1) is 6.04 Å². The molecule has 1 aromatic rings. The second-order valence-electron chi connectivity index (χ2n) is 6.10. The van der Waals surface area contributed by atoms with Crippen LogP contribution in [-0.4, -0.2) is 57.2 Å². The van der Waals surface area contributed by atoms with E-state index >= 15 is 0 Å². The molecule has 1 atom stereocenters. The molecule has 1 aromatic heterocycles. The molecule has 21 heavy (non-hydrogen) atoms. The minimum atomic E-state index is 0.241. The van der Waals surface area contributed by atoms with Crippen molar-refractivity contribution in [1.82, 2.24) is 24.6 Å². The average Bonchev–Trinajstić information content (AvgIpc) is 2.78. The van der Waals surface area contributed by atoms with Crippen molar-refractivity contribution in [3.63, 3.8) is 0 Å². The quantitative estimate of drug-likeness (QED) is 0.822. The molecule has 1 saturated heterocycles. The average molecular weight is 291 g/mol. The van der Waals surface area contributed by atoms with Crippen LogP contribution in [0.2, 0.25) is 0 Å². The smallest absolute Gasteiger partial charge is 0.222 e. The predicted octanol–water partition coefficient (Wildman–Crippen LogP) is 1.23. The Labute approximate surface area is 126 Å². The maximum Gasteiger partial charge on any atom is 0.222 e. The van der Waals surface area contributed by atoms with Crippen LogP contribution in [0.1, 0.15) is 50.3 Å². The number of hydrogen-bond acceptors (Lipinski definition) is 4. The molecule has 0 radical (unpaired) electrons. The lowest BCUT2D eigenvalue weighted by Crippen LogP contribution is -2.34. The molecule has 1 amide bonds. The van der Waals surface area contributed by atoms with Gasteiger partial charge in [-0.15, -0.1) is 10.2 Å². The SMILES string of the molecule is CCC(=O)N1CCc2nnc(C3CCCCN3C)n2CC1. The Kier molecular flexibility index (Phi) is 4.24. The van der Waals surface area contributed by atoms with Crippen molar-refractivity contribution >= 4 is 5.91 Å². The van der Waals surface area contributed by atoms with Gasteiger partial charge in [0.1, 0.15) is 11.6 Å². The van der Waals surface area contributed by atoms with Crippen LogP contribution in [0.15, 0.2) is 0 Å². The third-order valence-corrected chi connectivity index (χ3v) is 4.78. The number of fused-ring (bicyclic) bond motifs is 1. The molecule has 1 fully saturated rings. The number of amides is 1. The Morgan fingerprint density at radius 1 is 1.19 bits per heavy atom. The number of nitrogens with zero attached hydrogens (tertiary/aromatic N) is 5. The summed E-state index contributed by atoms with van der Waals surface area (Å²) < 4.78 is 2.26. The fourth-order valence-corrected chi connectivity index (χ4v) is 3.47. The summed E-state index contributed by atoms with van der Waals surface area (Å²) in [5.41, 5.74) is 0. The van der Waals surface area contributed by atoms with Gasteiger partial charge in [-0.2, -0.15) is 0 Å². The van der Waals surface area contributed by atoms with Gasteiger partial charge < -0.3 is 9.47 Å². The molecule has 0 aromatic carbocycles. The van der Waals surface area contributed by atoms with Gasteiger partial charge in [0, 0.05) is 32.5 Å². The Hall–Kier alpha value is -1.43. The maximum atomic E-state index is 11.9. The number of rotatable bonds is 2. The molecule has 0 bridgehead atoms. The minimum absolute atomic E-state index is 0.241. The largest absolute Gasteiger partial charge is 0.340 e. The van der Waals surface area contributed by atoms with Crippen LogP contribution in [0.25, 0.3) is 0 Å². The van der Waals surface area contributed by atoms with Gasteiger partial charge in [0.2, 0.25) is 5.91 Å². The molecule has 3 rings (SSSR count). The highest BCUT2D eigenvalue weighted by atomic mass is 16.2. The number of likely N-dealkylation sites (tertiary alicyclic amines) is 1. The van der Waals surface area contributed by atoms with Gasteiger partial charge in [-0.3, -0.25) is 9.69 Å². The monoisotopic (exact) mass is 291 g/mol. The van der Waals surface area contributed by atoms with Crippen LogP contribution in [0.4, 0.5) is 0 Å². The van der Waals surface area contributed by atoms with E-state index in [4.69, 9.17) is 0 Å². The molecular weight excluding hydrogens is 266 g/mol. The van der Waals surface area contributed by atoms with E-state index < -0.39 is 0 Å². The van der Waals surface area contributed by atoms with E-state index in [2.05, 4.69) is 26.7 Å². The molecule has 2 aliphatic heterocycles. The molecule has 0 aliphatic carbocycles. The Morgan fingerprint density at radius 3 is 2.81 bits per heavy atom. The van der Waals surface area contributed by atoms with E-state index in [0.29, 0.717) is 12.5 Å². The van der Waals surface area contributed by atoms with Gasteiger partial charge in [0.25, 0.3) is 0 Å². The predicted molar refractivity (Wildman–Crippen MR) is 79.8 cm³/mol. The summed E-state index contributed by atoms with van der Waals surface area (Å²) in [4.78, 5) is 16.3. The first kappa shape index (κ1) is 14.5. The van der Waals surface area contributed by atoms with Crippen molar-refractivity contribution in [2.75, 3.05) is 26.7 Å². The van der Waals surface area contributed by atoms with Crippen molar-refractivity contribution in [3.05, 3.63) is 11.6 Å². The number of carbonyl (C=O) groups is 1. The highest BCUT2D eigenvalue weighted by Crippen LogP contribution is 2.29. The zero-order valence-electron chi connectivity index (χ0n) is 13.1. The van der Waals surface area contributed by atoms with Crippen molar-refractivity contribution in [3.8, 4) is 0 Å². The number of hydrogen-bond donors (Lipinski definition) is 0. The van der Waals surface area contributed by atoms with Gasteiger partial charge in [-0.1, -0.05) is 13.3 Å². The summed E-state index contributed by atoms with van der Waals surface area (Å²) in [6.45, 7) is 5.43. The summed E-state index contributed by atoms with van der Waals surface area (Å²) in [6, 6.07) is 0.383. The van der Waals surface area contributed by atoms with Crippen LogP contribution < -0.4 is 0 Å². The fraction of sp³-hybridized carbons (Fsp3) is 0.800. The third kappa shape index (κ3) is 2.81. The lowest BCUT2D eigenvalue weighted by molar-refractivity contribution is -0.130. The molecule has 0 saturated carbocycles. The van der Waals surface area contributed by atoms with Crippen molar-refractivity contribution < 1.29 is 4.79 Å². The van der Waals surface area contributed by atoms with Crippen LogP contribution in [0, 0.1) is 0 Å². The molecule has 6 heteroatoms. The first-order valence-corrected chi connectivity index (χ1v) is 8.10. The lowest BCUT2D eigenvalue weighted by atomic mass is 10.0. The minimum Gasteiger partial charge on any atom is -0.340 e. The molecule has 0 spiro atoms. The van der Waals surface area contributed by atoms with E-state index in [9.17, 15) is 4.79 Å². The van der Waals surface area contributed by atoms with Crippen molar-refractivity contribution in [1.29, 1.82) is 0 Å². The molecule has 1 unspecified atom stereocenters. The summed E-state index contributed by atoms with van der Waals surface area (Å²) in [5.74, 6) is 2.37. The normalized spacial score (nSPS) is 23.7. The van der Waals surface area contributed by atoms with E-state index in [-0.39, 0.29) is 5.91 Å². The Morgan fingerprint density at radius 2 is 2.05 bits per heavy atom. The zero-order chi connectivity index (χ0) is 14.8. The van der Waals surface area contributed by atoms with E-state index in [1.165, 1.54) is 12.8 Å². The summed E-state index contributed by atoms with van der Waals surface area (Å²) in [6.07, 6.45) is 5.09. The summed E-state index contributed by atoms with van der Waals surface area (Å²) >= 11 is 0. The van der Waals surface area contributed by atoms with E-state index in [1.54, 1.807) is 0 Å². The van der Waals surface area contributed by atoms with E-state index in [1.807, 2.05) is 11.8 Å². The highest BCUT2D eigenvalue weighted by molar-refractivity contribution is 5.75. The fourth-order valence-electron chi connectivity index (χ4n) is 3.47. The topological polar surface area (TPSA) is 54.3 Å². The zero-order valence-corrected chi connectivity index (χ0v) is 13.1. The van der Waals surface area contributed by atoms with Crippen molar-refractivity contribution in [2.24, 2.45) is 0 Å². The summed E-state index contributed by atoms with van der Waals surface area (Å²) in [5, 5.41) is 8.87. The van der Waals surface area contributed by atoms with Gasteiger partial charge >= 0.3 is 0 Å². The van der Waals surface area contributed by atoms with Gasteiger partial charge in [0.15, 0.2) is 0 Å². The van der Waals surface area contributed by atoms with Gasteiger partial charge in [-0.25, -0.2) is 0 Å². The Bertz CT molecular complexity index is 512. The maximum absolute atomic E-state index is 11.9. The molecule has 2 aliphatic rings. The van der Waals surface area contributed by atoms with Crippen LogP contribution in [0.3, 0.4) is 0 Å². The molecular formula is C15H25N5O. The second kappa shape index (κ2) is 6.13. The number of piperidine rings is 1. The summed E-state index contributed by atoms with van der Waals surface area (Å²) in [7, 11) is 2.18. The number of aromatic nitrogens is 3. The van der Waals surface area contributed by atoms with Crippen LogP contribution >= 0.6 is 0 Å². The molecule has 6 nitrogen and oxygen atoms in total. The second-order valence-corrected chi connectivity index (χ2v) is 6.10.